The second kappa shape index (κ2) is 5.17. The number of anilines is 2. The summed E-state index contributed by atoms with van der Waals surface area (Å²) in [4.78, 5) is 12.3. The van der Waals surface area contributed by atoms with Gasteiger partial charge in [0.05, 0.1) is 5.56 Å². The molecule has 4 heteroatoms. The van der Waals surface area contributed by atoms with Gasteiger partial charge in [-0.3, -0.25) is 4.79 Å². The molecule has 4 N–H and O–H groups in total. The predicted molar refractivity (Wildman–Crippen MR) is 84.4 cm³/mol. The molecule has 0 spiro atoms. The van der Waals surface area contributed by atoms with Gasteiger partial charge in [0.2, 0.25) is 0 Å². The Morgan fingerprint density at radius 1 is 0.952 bits per heavy atom. The molecule has 0 aliphatic carbocycles. The van der Waals surface area contributed by atoms with Crippen molar-refractivity contribution in [1.82, 2.24) is 0 Å². The fraction of sp³-hybridized carbons (Fsp3) is 0. The van der Waals surface area contributed by atoms with Crippen molar-refractivity contribution in [3.05, 3.63) is 66.2 Å². The van der Waals surface area contributed by atoms with Crippen molar-refractivity contribution in [3.63, 3.8) is 0 Å². The first-order valence-corrected chi connectivity index (χ1v) is 6.52. The van der Waals surface area contributed by atoms with Gasteiger partial charge >= 0.3 is 0 Å². The molecule has 0 saturated heterocycles. The highest BCUT2D eigenvalue weighted by Gasteiger charge is 2.11. The van der Waals surface area contributed by atoms with E-state index >= 15 is 0 Å². The lowest BCUT2D eigenvalue weighted by molar-refractivity contribution is 0.102. The van der Waals surface area contributed by atoms with Crippen LogP contribution in [0.3, 0.4) is 0 Å². The third-order valence-corrected chi connectivity index (χ3v) is 3.29. The zero-order chi connectivity index (χ0) is 14.8. The number of nitrogen functional groups attached to an aromatic ring is 1. The van der Waals surface area contributed by atoms with Gasteiger partial charge < -0.3 is 16.2 Å². The van der Waals surface area contributed by atoms with Gasteiger partial charge in [-0.15, -0.1) is 0 Å². The predicted octanol–water partition coefficient (Wildman–Crippen LogP) is 3.38. The molecule has 3 rings (SSSR count). The molecule has 0 atom stereocenters. The van der Waals surface area contributed by atoms with Gasteiger partial charge in [-0.25, -0.2) is 0 Å². The quantitative estimate of drug-likeness (QED) is 0.497. The molecule has 4 nitrogen and oxygen atoms in total. The highest BCUT2D eigenvalue weighted by Crippen LogP contribution is 2.23. The highest BCUT2D eigenvalue weighted by molar-refractivity contribution is 6.10. The molecule has 104 valence electrons. The van der Waals surface area contributed by atoms with Crippen LogP contribution in [0, 0.1) is 0 Å². The Balaban J connectivity index is 1.93. The monoisotopic (exact) mass is 278 g/mol. The lowest BCUT2D eigenvalue weighted by atomic mass is 10.0. The summed E-state index contributed by atoms with van der Waals surface area (Å²) < 4.78 is 0. The van der Waals surface area contributed by atoms with Crippen molar-refractivity contribution in [2.75, 3.05) is 11.1 Å². The molecule has 0 saturated carbocycles. The van der Waals surface area contributed by atoms with Crippen LogP contribution in [-0.2, 0) is 0 Å². The van der Waals surface area contributed by atoms with Crippen molar-refractivity contribution in [1.29, 1.82) is 0 Å². The standard InChI is InChI=1S/C17H14N2O2/c18-16-10-12-4-2-1-3-11(12)9-15(16)17(21)19-13-5-7-14(20)8-6-13/h1-10,20H,18H2,(H,19,21). The first kappa shape index (κ1) is 13.0. The maximum atomic E-state index is 12.3. The van der Waals surface area contributed by atoms with Crippen LogP contribution in [-0.4, -0.2) is 11.0 Å². The number of phenols is 1. The van der Waals surface area contributed by atoms with Crippen LogP contribution in [0.15, 0.2) is 60.7 Å². The minimum absolute atomic E-state index is 0.151. The first-order valence-electron chi connectivity index (χ1n) is 6.52. The Labute approximate surface area is 121 Å². The van der Waals surface area contributed by atoms with Gasteiger partial charge in [0.1, 0.15) is 5.75 Å². The average Bonchev–Trinajstić information content (AvgIpc) is 2.49. The second-order valence-corrected chi connectivity index (χ2v) is 4.79. The number of rotatable bonds is 2. The summed E-state index contributed by atoms with van der Waals surface area (Å²) >= 11 is 0. The number of carbonyl (C=O) groups excluding carboxylic acids is 1. The number of hydrogen-bond donors (Lipinski definition) is 3. The van der Waals surface area contributed by atoms with Gasteiger partial charge in [-0.2, -0.15) is 0 Å². The van der Waals surface area contributed by atoms with Crippen LogP contribution in [0.2, 0.25) is 0 Å². The second-order valence-electron chi connectivity index (χ2n) is 4.79. The summed E-state index contributed by atoms with van der Waals surface area (Å²) in [5, 5.41) is 14.0. The zero-order valence-electron chi connectivity index (χ0n) is 11.2. The topological polar surface area (TPSA) is 75.4 Å². The van der Waals surface area contributed by atoms with Gasteiger partial charge in [0, 0.05) is 11.4 Å². The summed E-state index contributed by atoms with van der Waals surface area (Å²) in [5.74, 6) is -0.123. The summed E-state index contributed by atoms with van der Waals surface area (Å²) in [6.07, 6.45) is 0. The number of phenolic OH excluding ortho intramolecular Hbond substituents is 1. The molecule has 1 amide bonds. The van der Waals surface area contributed by atoms with Crippen LogP contribution in [0.5, 0.6) is 5.75 Å². The Morgan fingerprint density at radius 2 is 1.57 bits per heavy atom. The molecule has 21 heavy (non-hydrogen) atoms. The molecule has 0 aliphatic heterocycles. The number of aromatic hydroxyl groups is 1. The van der Waals surface area contributed by atoms with E-state index in [9.17, 15) is 9.90 Å². The van der Waals surface area contributed by atoms with E-state index in [1.54, 1.807) is 24.3 Å². The van der Waals surface area contributed by atoms with Crippen molar-refractivity contribution in [2.24, 2.45) is 0 Å². The molecule has 0 radical (unpaired) electrons. The minimum Gasteiger partial charge on any atom is -0.508 e. The van der Waals surface area contributed by atoms with E-state index in [0.717, 1.165) is 10.8 Å². The van der Waals surface area contributed by atoms with Crippen molar-refractivity contribution < 1.29 is 9.90 Å². The van der Waals surface area contributed by atoms with Crippen LogP contribution in [0.1, 0.15) is 10.4 Å². The largest absolute Gasteiger partial charge is 0.508 e. The van der Waals surface area contributed by atoms with Crippen LogP contribution < -0.4 is 11.1 Å². The molecule has 3 aromatic rings. The molecular weight excluding hydrogens is 264 g/mol. The number of benzene rings is 3. The van der Waals surface area contributed by atoms with Crippen molar-refractivity contribution in [2.45, 2.75) is 0 Å². The molecule has 0 heterocycles. The van der Waals surface area contributed by atoms with Crippen LogP contribution in [0.4, 0.5) is 11.4 Å². The Hall–Kier alpha value is -3.01. The van der Waals surface area contributed by atoms with E-state index < -0.39 is 0 Å². The normalized spacial score (nSPS) is 10.5. The van der Waals surface area contributed by atoms with Crippen LogP contribution in [0.25, 0.3) is 10.8 Å². The number of amides is 1. The molecule has 0 bridgehead atoms. The Bertz CT molecular complexity index is 811. The zero-order valence-corrected chi connectivity index (χ0v) is 11.2. The number of nitrogens with one attached hydrogen (secondary N) is 1. The summed E-state index contributed by atoms with van der Waals surface area (Å²) in [7, 11) is 0. The van der Waals surface area contributed by atoms with Gasteiger partial charge in [-0.1, -0.05) is 24.3 Å². The Kier molecular flexibility index (Phi) is 3.20. The van der Waals surface area contributed by atoms with Gasteiger partial charge in [-0.05, 0) is 47.2 Å². The van der Waals surface area contributed by atoms with Crippen molar-refractivity contribution >= 4 is 28.1 Å². The van der Waals surface area contributed by atoms with Crippen molar-refractivity contribution in [3.8, 4) is 5.75 Å². The first-order chi connectivity index (χ1) is 10.1. The van der Waals surface area contributed by atoms with E-state index in [-0.39, 0.29) is 11.7 Å². The third kappa shape index (κ3) is 2.65. The van der Waals surface area contributed by atoms with Gasteiger partial charge in [0.15, 0.2) is 0 Å². The molecular formula is C17H14N2O2. The molecule has 0 unspecified atom stereocenters. The molecule has 0 fully saturated rings. The minimum atomic E-state index is -0.274. The van der Waals surface area contributed by atoms with E-state index in [4.69, 9.17) is 5.73 Å². The highest BCUT2D eigenvalue weighted by atomic mass is 16.3. The molecule has 3 aromatic carbocycles. The molecule has 0 aromatic heterocycles. The van der Waals surface area contributed by atoms with E-state index in [1.165, 1.54) is 12.1 Å². The lowest BCUT2D eigenvalue weighted by Crippen LogP contribution is -2.14. The number of hydrogen-bond acceptors (Lipinski definition) is 3. The molecule has 0 aliphatic rings. The Morgan fingerprint density at radius 3 is 2.24 bits per heavy atom. The van der Waals surface area contributed by atoms with Crippen LogP contribution >= 0.6 is 0 Å². The average molecular weight is 278 g/mol. The summed E-state index contributed by atoms with van der Waals surface area (Å²) in [5.41, 5.74) is 7.43. The third-order valence-electron chi connectivity index (χ3n) is 3.29. The van der Waals surface area contributed by atoms with Gasteiger partial charge in [0.25, 0.3) is 5.91 Å². The fourth-order valence-corrected chi connectivity index (χ4v) is 2.20. The summed E-state index contributed by atoms with van der Waals surface area (Å²) in [6, 6.07) is 17.6. The number of fused-ring (bicyclic) bond motifs is 1. The maximum Gasteiger partial charge on any atom is 0.257 e. The van der Waals surface area contributed by atoms with E-state index in [0.29, 0.717) is 16.9 Å². The number of nitrogens with two attached hydrogens (primary N) is 1. The SMILES string of the molecule is Nc1cc2ccccc2cc1C(=O)Nc1ccc(O)cc1. The summed E-state index contributed by atoms with van der Waals surface area (Å²) in [6.45, 7) is 0. The number of carbonyl (C=O) groups is 1. The lowest BCUT2D eigenvalue weighted by Gasteiger charge is -2.09. The van der Waals surface area contributed by atoms with E-state index in [2.05, 4.69) is 5.32 Å². The van der Waals surface area contributed by atoms with E-state index in [1.807, 2.05) is 24.3 Å². The maximum absolute atomic E-state index is 12.3. The fourth-order valence-electron chi connectivity index (χ4n) is 2.20. The smallest absolute Gasteiger partial charge is 0.257 e.